The predicted octanol–water partition coefficient (Wildman–Crippen LogP) is 4.78. The third-order valence-electron chi connectivity index (χ3n) is 3.78. The Balaban J connectivity index is 2.14. The first-order valence-electron chi connectivity index (χ1n) is 8.14. The Morgan fingerprint density at radius 2 is 1.76 bits per heavy atom. The molecule has 2 aromatic carbocycles. The van der Waals surface area contributed by atoms with Gasteiger partial charge in [-0.25, -0.2) is 0 Å². The van der Waals surface area contributed by atoms with Gasteiger partial charge in [0.2, 0.25) is 0 Å². The first-order valence-corrected chi connectivity index (χ1v) is 8.14. The quantitative estimate of drug-likeness (QED) is 0.783. The third-order valence-corrected chi connectivity index (χ3v) is 3.78. The van der Waals surface area contributed by atoms with Gasteiger partial charge in [-0.2, -0.15) is 8.78 Å². The highest BCUT2D eigenvalue weighted by Crippen LogP contribution is 2.26. The second-order valence-electron chi connectivity index (χ2n) is 5.76. The van der Waals surface area contributed by atoms with Gasteiger partial charge in [-0.05, 0) is 57.2 Å². The minimum Gasteiger partial charge on any atom is -0.433 e. The van der Waals surface area contributed by atoms with Gasteiger partial charge in [0.1, 0.15) is 5.75 Å². The molecule has 1 amide bonds. The Morgan fingerprint density at radius 1 is 1.12 bits per heavy atom. The summed E-state index contributed by atoms with van der Waals surface area (Å²) in [6, 6.07) is 13.6. The van der Waals surface area contributed by atoms with E-state index in [0.29, 0.717) is 11.6 Å². The molecule has 0 atom stereocenters. The first-order chi connectivity index (χ1) is 11.9. The number of nitrogens with one attached hydrogen (secondary N) is 1. The van der Waals surface area contributed by atoms with Gasteiger partial charge >= 0.3 is 6.61 Å². The number of benzene rings is 2. The molecule has 1 N–H and O–H groups in total. The molecule has 0 aliphatic rings. The van der Waals surface area contributed by atoms with E-state index in [1.807, 2.05) is 12.1 Å². The van der Waals surface area contributed by atoms with Crippen molar-refractivity contribution >= 4 is 17.3 Å². The van der Waals surface area contributed by atoms with E-state index in [4.69, 9.17) is 0 Å². The maximum absolute atomic E-state index is 12.4. The number of rotatable bonds is 7. The van der Waals surface area contributed by atoms with Crippen molar-refractivity contribution in [3.05, 3.63) is 54.1 Å². The van der Waals surface area contributed by atoms with E-state index < -0.39 is 6.61 Å². The lowest BCUT2D eigenvalue weighted by Gasteiger charge is -2.27. The summed E-state index contributed by atoms with van der Waals surface area (Å²) in [6.45, 7) is 4.18. The first kappa shape index (κ1) is 18.7. The third kappa shape index (κ3) is 4.92. The molecular weight excluding hydrogens is 326 g/mol. The molecule has 0 heterocycles. The van der Waals surface area contributed by atoms with Gasteiger partial charge in [-0.1, -0.05) is 12.1 Å². The Labute approximate surface area is 146 Å². The van der Waals surface area contributed by atoms with Gasteiger partial charge in [0.05, 0.1) is 5.69 Å². The lowest BCUT2D eigenvalue weighted by atomic mass is 10.1. The number of anilines is 2. The van der Waals surface area contributed by atoms with E-state index in [0.717, 1.165) is 12.2 Å². The summed E-state index contributed by atoms with van der Waals surface area (Å²) >= 11 is 0. The van der Waals surface area contributed by atoms with E-state index in [1.165, 1.54) is 12.1 Å². The predicted molar refractivity (Wildman–Crippen MR) is 95.6 cm³/mol. The van der Waals surface area contributed by atoms with Crippen LogP contribution in [0.15, 0.2) is 48.5 Å². The molecule has 0 aliphatic heterocycles. The summed E-state index contributed by atoms with van der Waals surface area (Å²) < 4.78 is 29.3. The second kappa shape index (κ2) is 8.46. The van der Waals surface area contributed by atoms with E-state index in [9.17, 15) is 13.6 Å². The topological polar surface area (TPSA) is 41.6 Å². The Morgan fingerprint density at radius 3 is 2.32 bits per heavy atom. The number of hydrogen-bond donors (Lipinski definition) is 1. The van der Waals surface area contributed by atoms with Crippen LogP contribution in [0, 0.1) is 0 Å². The van der Waals surface area contributed by atoms with Crippen LogP contribution >= 0.6 is 0 Å². The van der Waals surface area contributed by atoms with Crippen LogP contribution in [0.25, 0.3) is 0 Å². The maximum atomic E-state index is 12.4. The van der Waals surface area contributed by atoms with Crippen molar-refractivity contribution in [3.8, 4) is 5.75 Å². The Bertz CT molecular complexity index is 703. The lowest BCUT2D eigenvalue weighted by molar-refractivity contribution is -0.0493. The molecule has 0 unspecified atom stereocenters. The maximum Gasteiger partial charge on any atom is 0.387 e. The molecule has 6 heteroatoms. The van der Waals surface area contributed by atoms with Gasteiger partial charge < -0.3 is 15.0 Å². The molecule has 2 aromatic rings. The smallest absolute Gasteiger partial charge is 0.387 e. The van der Waals surface area contributed by atoms with Gasteiger partial charge in [0.25, 0.3) is 5.91 Å². The van der Waals surface area contributed by atoms with Crippen LogP contribution in [-0.2, 0) is 0 Å². The van der Waals surface area contributed by atoms with Crippen molar-refractivity contribution in [2.24, 2.45) is 0 Å². The standard InChI is InChI=1S/C19H22F2N2O2/c1-4-23(13(2)3)15-11-9-14(10-12-15)18(24)22-16-7-5-6-8-17(16)25-19(20)21/h5-13,19H,4H2,1-3H3,(H,22,24). The van der Waals surface area contributed by atoms with Crippen molar-refractivity contribution in [2.75, 3.05) is 16.8 Å². The average Bonchev–Trinajstić information content (AvgIpc) is 2.57. The van der Waals surface area contributed by atoms with Crippen molar-refractivity contribution in [2.45, 2.75) is 33.4 Å². The van der Waals surface area contributed by atoms with Crippen LogP contribution in [-0.4, -0.2) is 25.1 Å². The highest BCUT2D eigenvalue weighted by Gasteiger charge is 2.14. The van der Waals surface area contributed by atoms with Gasteiger partial charge in [-0.3, -0.25) is 4.79 Å². The molecule has 0 aromatic heterocycles. The minimum atomic E-state index is -2.95. The van der Waals surface area contributed by atoms with Gasteiger partial charge in [0, 0.05) is 23.8 Å². The number of carbonyl (C=O) groups excluding carboxylic acids is 1. The fourth-order valence-electron chi connectivity index (χ4n) is 2.61. The summed E-state index contributed by atoms with van der Waals surface area (Å²) in [7, 11) is 0. The van der Waals surface area contributed by atoms with E-state index in [1.54, 1.807) is 24.3 Å². The molecule has 4 nitrogen and oxygen atoms in total. The highest BCUT2D eigenvalue weighted by molar-refractivity contribution is 6.05. The van der Waals surface area contributed by atoms with Crippen molar-refractivity contribution in [1.29, 1.82) is 0 Å². The van der Waals surface area contributed by atoms with Crippen LogP contribution in [0.3, 0.4) is 0 Å². The second-order valence-corrected chi connectivity index (χ2v) is 5.76. The average molecular weight is 348 g/mol. The summed E-state index contributed by atoms with van der Waals surface area (Å²) in [5.41, 5.74) is 1.67. The fraction of sp³-hybridized carbons (Fsp3) is 0.316. The van der Waals surface area contributed by atoms with Gasteiger partial charge in [0.15, 0.2) is 0 Å². The van der Waals surface area contributed by atoms with E-state index in [2.05, 4.69) is 35.7 Å². The zero-order chi connectivity index (χ0) is 18.4. The lowest BCUT2D eigenvalue weighted by Crippen LogP contribution is -2.30. The summed E-state index contributed by atoms with van der Waals surface area (Å²) in [5, 5.41) is 2.61. The fourth-order valence-corrected chi connectivity index (χ4v) is 2.61. The number of para-hydroxylation sites is 2. The van der Waals surface area contributed by atoms with Crippen LogP contribution < -0.4 is 15.0 Å². The summed E-state index contributed by atoms with van der Waals surface area (Å²) in [4.78, 5) is 14.6. The molecular formula is C19H22F2N2O2. The Hall–Kier alpha value is -2.63. The number of ether oxygens (including phenoxy) is 1. The largest absolute Gasteiger partial charge is 0.433 e. The number of alkyl halides is 2. The monoisotopic (exact) mass is 348 g/mol. The molecule has 0 fully saturated rings. The SMILES string of the molecule is CCN(c1ccc(C(=O)Nc2ccccc2OC(F)F)cc1)C(C)C. The number of hydrogen-bond acceptors (Lipinski definition) is 3. The van der Waals surface area contributed by atoms with Crippen LogP contribution in [0.5, 0.6) is 5.75 Å². The van der Waals surface area contributed by atoms with Crippen molar-refractivity contribution in [3.63, 3.8) is 0 Å². The molecule has 2 rings (SSSR count). The molecule has 134 valence electrons. The molecule has 0 saturated heterocycles. The normalized spacial score (nSPS) is 10.8. The number of amides is 1. The molecule has 0 radical (unpaired) electrons. The van der Waals surface area contributed by atoms with E-state index in [-0.39, 0.29) is 17.3 Å². The summed E-state index contributed by atoms with van der Waals surface area (Å²) in [5.74, 6) is -0.455. The zero-order valence-corrected chi connectivity index (χ0v) is 14.5. The van der Waals surface area contributed by atoms with Crippen LogP contribution in [0.4, 0.5) is 20.2 Å². The Kier molecular flexibility index (Phi) is 6.33. The van der Waals surface area contributed by atoms with Crippen molar-refractivity contribution < 1.29 is 18.3 Å². The molecule has 0 saturated carbocycles. The minimum absolute atomic E-state index is 0.0700. The highest BCUT2D eigenvalue weighted by atomic mass is 19.3. The number of halogens is 2. The molecule has 0 bridgehead atoms. The molecule has 25 heavy (non-hydrogen) atoms. The zero-order valence-electron chi connectivity index (χ0n) is 14.5. The summed E-state index contributed by atoms with van der Waals surface area (Å²) in [6.07, 6.45) is 0. The molecule has 0 aliphatic carbocycles. The van der Waals surface area contributed by atoms with Crippen LogP contribution in [0.2, 0.25) is 0 Å². The van der Waals surface area contributed by atoms with Crippen molar-refractivity contribution in [1.82, 2.24) is 0 Å². The van der Waals surface area contributed by atoms with E-state index >= 15 is 0 Å². The number of carbonyl (C=O) groups is 1. The van der Waals surface area contributed by atoms with Crippen LogP contribution in [0.1, 0.15) is 31.1 Å². The number of nitrogens with zero attached hydrogens (tertiary/aromatic N) is 1. The molecule has 0 spiro atoms. The van der Waals surface area contributed by atoms with Gasteiger partial charge in [-0.15, -0.1) is 0 Å².